The molecule has 2 aromatic rings. The highest BCUT2D eigenvalue weighted by Crippen LogP contribution is 2.34. The normalized spacial score (nSPS) is 11.6. The molecule has 0 atom stereocenters. The van der Waals surface area contributed by atoms with Gasteiger partial charge in [0, 0.05) is 29.1 Å². The lowest BCUT2D eigenvalue weighted by Crippen LogP contribution is -2.13. The van der Waals surface area contributed by atoms with E-state index in [0.717, 1.165) is 16.7 Å². The third-order valence-electron chi connectivity index (χ3n) is 3.76. The molecule has 7 heteroatoms. The fourth-order valence-corrected chi connectivity index (χ4v) is 4.13. The number of hydrogen-bond acceptors (Lipinski definition) is 4. The third kappa shape index (κ3) is 2.64. The molecule has 118 valence electrons. The van der Waals surface area contributed by atoms with Crippen molar-refractivity contribution in [2.75, 3.05) is 6.26 Å². The second kappa shape index (κ2) is 5.57. The smallest absolute Gasteiger partial charge is 0.258 e. The van der Waals surface area contributed by atoms with Crippen molar-refractivity contribution in [2.24, 2.45) is 0 Å². The van der Waals surface area contributed by atoms with Gasteiger partial charge >= 0.3 is 0 Å². The van der Waals surface area contributed by atoms with Gasteiger partial charge in [0.25, 0.3) is 5.69 Å². The lowest BCUT2D eigenvalue weighted by atomic mass is 9.99. The first-order chi connectivity index (χ1) is 10.2. The lowest BCUT2D eigenvalue weighted by Gasteiger charge is -2.06. The third-order valence-corrected chi connectivity index (χ3v) is 4.97. The monoisotopic (exact) mass is 322 g/mol. The van der Waals surface area contributed by atoms with E-state index in [1.165, 1.54) is 22.4 Å². The summed E-state index contributed by atoms with van der Waals surface area (Å²) in [4.78, 5) is 10.3. The zero-order chi connectivity index (χ0) is 16.7. The molecular formula is C15H18N2O4S. The highest BCUT2D eigenvalue weighted by atomic mass is 32.2. The predicted octanol–water partition coefficient (Wildman–Crippen LogP) is 3.05. The van der Waals surface area contributed by atoms with Gasteiger partial charge in [0.1, 0.15) is 0 Å². The van der Waals surface area contributed by atoms with Gasteiger partial charge in [-0.15, -0.1) is 0 Å². The van der Waals surface area contributed by atoms with Gasteiger partial charge in [0.05, 0.1) is 11.2 Å². The first-order valence-corrected chi connectivity index (χ1v) is 8.69. The molecule has 0 aliphatic rings. The second-order valence-corrected chi connectivity index (χ2v) is 7.04. The second-order valence-electron chi connectivity index (χ2n) is 5.21. The molecule has 6 nitrogen and oxygen atoms in total. The summed E-state index contributed by atoms with van der Waals surface area (Å²) in [5.41, 5.74) is 3.89. The number of nitro benzene ring substituents is 1. The Labute approximate surface area is 129 Å². The Morgan fingerprint density at radius 1 is 1.14 bits per heavy atom. The molecule has 0 saturated heterocycles. The first-order valence-electron chi connectivity index (χ1n) is 6.84. The minimum atomic E-state index is -3.40. The molecule has 0 amide bonds. The van der Waals surface area contributed by atoms with Crippen LogP contribution in [0.15, 0.2) is 24.3 Å². The van der Waals surface area contributed by atoms with E-state index in [2.05, 4.69) is 0 Å². The molecule has 0 bridgehead atoms. The van der Waals surface area contributed by atoms with Crippen molar-refractivity contribution in [3.05, 3.63) is 51.3 Å². The maximum absolute atomic E-state index is 12.0. The van der Waals surface area contributed by atoms with E-state index in [1.807, 2.05) is 6.92 Å². The van der Waals surface area contributed by atoms with Crippen LogP contribution in [0.3, 0.4) is 0 Å². The largest absolute Gasteiger partial charge is 0.269 e. The zero-order valence-corrected chi connectivity index (χ0v) is 13.8. The highest BCUT2D eigenvalue weighted by Gasteiger charge is 2.22. The van der Waals surface area contributed by atoms with Crippen molar-refractivity contribution >= 4 is 15.7 Å². The Balaban J connectivity index is 2.73. The Morgan fingerprint density at radius 2 is 1.68 bits per heavy atom. The fraction of sp³-hybridized carbons (Fsp3) is 0.333. The minimum Gasteiger partial charge on any atom is -0.258 e. The number of hydrogen-bond donors (Lipinski definition) is 0. The summed E-state index contributed by atoms with van der Waals surface area (Å²) >= 11 is 0. The van der Waals surface area contributed by atoms with Crippen LogP contribution >= 0.6 is 0 Å². The van der Waals surface area contributed by atoms with Crippen molar-refractivity contribution in [1.29, 1.82) is 0 Å². The lowest BCUT2D eigenvalue weighted by molar-refractivity contribution is -0.384. The predicted molar refractivity (Wildman–Crippen MR) is 85.6 cm³/mol. The summed E-state index contributed by atoms with van der Waals surface area (Å²) in [6.45, 7) is 5.50. The average molecular weight is 322 g/mol. The number of aromatic nitrogens is 1. The van der Waals surface area contributed by atoms with Crippen LogP contribution in [0.25, 0.3) is 11.1 Å². The molecule has 0 spiro atoms. The van der Waals surface area contributed by atoms with Gasteiger partial charge in [-0.05, 0) is 43.5 Å². The molecule has 1 aromatic carbocycles. The Hall–Kier alpha value is -2.15. The molecule has 0 radical (unpaired) electrons. The van der Waals surface area contributed by atoms with E-state index in [4.69, 9.17) is 0 Å². The maximum atomic E-state index is 12.0. The van der Waals surface area contributed by atoms with Crippen LogP contribution in [0.5, 0.6) is 0 Å². The fourth-order valence-electron chi connectivity index (χ4n) is 2.94. The molecule has 0 aliphatic carbocycles. The van der Waals surface area contributed by atoms with Crippen molar-refractivity contribution in [1.82, 2.24) is 3.97 Å². The van der Waals surface area contributed by atoms with Gasteiger partial charge in [-0.25, -0.2) is 12.4 Å². The average Bonchev–Trinajstić information content (AvgIpc) is 2.68. The highest BCUT2D eigenvalue weighted by molar-refractivity contribution is 7.89. The van der Waals surface area contributed by atoms with Crippen LogP contribution in [0.1, 0.15) is 23.9 Å². The Morgan fingerprint density at radius 3 is 2.09 bits per heavy atom. The molecule has 1 heterocycles. The summed E-state index contributed by atoms with van der Waals surface area (Å²) in [5, 5.41) is 10.8. The van der Waals surface area contributed by atoms with Crippen LogP contribution < -0.4 is 0 Å². The van der Waals surface area contributed by atoms with Crippen LogP contribution in [-0.4, -0.2) is 23.6 Å². The van der Waals surface area contributed by atoms with E-state index in [1.54, 1.807) is 26.0 Å². The van der Waals surface area contributed by atoms with Crippen LogP contribution in [0.4, 0.5) is 5.69 Å². The maximum Gasteiger partial charge on any atom is 0.269 e. The summed E-state index contributed by atoms with van der Waals surface area (Å²) in [6, 6.07) is 6.18. The number of non-ortho nitro benzene ring substituents is 1. The van der Waals surface area contributed by atoms with E-state index in [-0.39, 0.29) is 5.69 Å². The topological polar surface area (TPSA) is 82.2 Å². The quantitative estimate of drug-likeness (QED) is 0.640. The van der Waals surface area contributed by atoms with Crippen molar-refractivity contribution < 1.29 is 13.3 Å². The van der Waals surface area contributed by atoms with Gasteiger partial charge in [-0.3, -0.25) is 10.1 Å². The van der Waals surface area contributed by atoms with E-state index in [0.29, 0.717) is 17.8 Å². The molecule has 0 N–H and O–H groups in total. The van der Waals surface area contributed by atoms with Gasteiger partial charge in [-0.1, -0.05) is 6.92 Å². The first kappa shape index (κ1) is 16.2. The van der Waals surface area contributed by atoms with Crippen molar-refractivity contribution in [3.8, 4) is 11.1 Å². The summed E-state index contributed by atoms with van der Waals surface area (Å²) < 4.78 is 25.3. The van der Waals surface area contributed by atoms with E-state index >= 15 is 0 Å². The Bertz CT molecular complexity index is 833. The number of nitrogens with zero attached hydrogens (tertiary/aromatic N) is 2. The molecular weight excluding hydrogens is 304 g/mol. The number of rotatable bonds is 4. The number of benzene rings is 1. The van der Waals surface area contributed by atoms with Crippen LogP contribution in [0, 0.1) is 24.0 Å². The van der Waals surface area contributed by atoms with Crippen LogP contribution in [-0.2, 0) is 16.4 Å². The van der Waals surface area contributed by atoms with E-state index < -0.39 is 14.9 Å². The number of nitro groups is 1. The molecule has 0 unspecified atom stereocenters. The molecule has 0 saturated carbocycles. The molecule has 0 aliphatic heterocycles. The van der Waals surface area contributed by atoms with Gasteiger partial charge in [0.15, 0.2) is 0 Å². The molecule has 1 aromatic heterocycles. The molecule has 2 rings (SSSR count). The van der Waals surface area contributed by atoms with Gasteiger partial charge in [0.2, 0.25) is 10.0 Å². The van der Waals surface area contributed by atoms with Gasteiger partial charge < -0.3 is 0 Å². The van der Waals surface area contributed by atoms with Crippen molar-refractivity contribution in [2.45, 2.75) is 27.2 Å². The summed E-state index contributed by atoms with van der Waals surface area (Å²) in [6.07, 6.45) is 1.85. The van der Waals surface area contributed by atoms with Gasteiger partial charge in [-0.2, -0.15) is 0 Å². The Kier molecular flexibility index (Phi) is 4.10. The van der Waals surface area contributed by atoms with Crippen molar-refractivity contribution in [3.63, 3.8) is 0 Å². The molecule has 0 fully saturated rings. The van der Waals surface area contributed by atoms with Crippen LogP contribution in [0.2, 0.25) is 0 Å². The minimum absolute atomic E-state index is 0.0127. The van der Waals surface area contributed by atoms with E-state index in [9.17, 15) is 18.5 Å². The molecule has 22 heavy (non-hydrogen) atoms. The zero-order valence-electron chi connectivity index (χ0n) is 13.0. The SMILES string of the molecule is CCc1c(-c2ccc([N+](=O)[O-])cc2)c(C)n(S(C)(=O)=O)c1C. The summed E-state index contributed by atoms with van der Waals surface area (Å²) in [5.74, 6) is 0. The standard InChI is InChI=1S/C15H18N2O4S/c1-5-14-10(2)16(22(4,20)21)11(3)15(14)12-6-8-13(9-7-12)17(18)19/h6-9H,5H2,1-4H3. The summed E-state index contributed by atoms with van der Waals surface area (Å²) in [7, 11) is -3.40.